The van der Waals surface area contributed by atoms with Crippen LogP contribution in [0.1, 0.15) is 16.8 Å². The largest absolute Gasteiger partial charge is 0.416 e. The van der Waals surface area contributed by atoms with Crippen molar-refractivity contribution in [1.29, 1.82) is 0 Å². The summed E-state index contributed by atoms with van der Waals surface area (Å²) < 4.78 is 30.7. The van der Waals surface area contributed by atoms with Gasteiger partial charge in [-0.3, -0.25) is 4.79 Å². The van der Waals surface area contributed by atoms with Crippen LogP contribution in [0.25, 0.3) is 22.9 Å². The molecule has 3 aromatic rings. The van der Waals surface area contributed by atoms with Crippen molar-refractivity contribution >= 4 is 15.9 Å². The third-order valence-electron chi connectivity index (χ3n) is 4.69. The molecule has 150 valence electrons. The average molecular weight is 412 g/mol. The quantitative estimate of drug-likeness (QED) is 0.665. The van der Waals surface area contributed by atoms with Gasteiger partial charge >= 0.3 is 0 Å². The highest BCUT2D eigenvalue weighted by molar-refractivity contribution is 7.89. The fourth-order valence-electron chi connectivity index (χ4n) is 3.14. The van der Waals surface area contributed by atoms with Crippen molar-refractivity contribution in [2.75, 3.05) is 25.4 Å². The van der Waals surface area contributed by atoms with Crippen LogP contribution in [0.3, 0.4) is 0 Å². The summed E-state index contributed by atoms with van der Waals surface area (Å²) in [5.41, 5.74) is 2.02. The number of rotatable bonds is 6. The highest BCUT2D eigenvalue weighted by Crippen LogP contribution is 2.23. The molecule has 0 bridgehead atoms. The van der Waals surface area contributed by atoms with E-state index in [0.717, 1.165) is 5.56 Å². The van der Waals surface area contributed by atoms with Crippen molar-refractivity contribution in [3.05, 3.63) is 60.2 Å². The van der Waals surface area contributed by atoms with E-state index in [-0.39, 0.29) is 24.7 Å². The first-order chi connectivity index (χ1) is 14.0. The van der Waals surface area contributed by atoms with Crippen molar-refractivity contribution in [3.8, 4) is 22.9 Å². The van der Waals surface area contributed by atoms with Gasteiger partial charge in [-0.2, -0.15) is 0 Å². The summed E-state index contributed by atoms with van der Waals surface area (Å²) in [4.78, 5) is 12.3. The minimum Gasteiger partial charge on any atom is -0.416 e. The number of nitrogens with one attached hydrogen (secondary N) is 1. The Bertz CT molecular complexity index is 1100. The number of benzene rings is 2. The van der Waals surface area contributed by atoms with Crippen molar-refractivity contribution in [2.45, 2.75) is 6.42 Å². The number of hydrogen-bond donors (Lipinski definition) is 1. The molecule has 0 radical (unpaired) electrons. The van der Waals surface area contributed by atoms with Gasteiger partial charge in [-0.25, -0.2) is 12.7 Å². The Labute approximate surface area is 168 Å². The van der Waals surface area contributed by atoms with E-state index in [2.05, 4.69) is 15.5 Å². The minimum absolute atomic E-state index is 0.185. The summed E-state index contributed by atoms with van der Waals surface area (Å²) in [6.07, 6.45) is 0.638. The van der Waals surface area contributed by atoms with Gasteiger partial charge in [-0.1, -0.05) is 18.2 Å². The van der Waals surface area contributed by atoms with Crippen LogP contribution in [-0.4, -0.2) is 54.2 Å². The zero-order chi connectivity index (χ0) is 20.3. The summed E-state index contributed by atoms with van der Waals surface area (Å²) in [5.74, 6) is 0.724. The van der Waals surface area contributed by atoms with E-state index in [1.807, 2.05) is 30.3 Å². The van der Waals surface area contributed by atoms with Crippen LogP contribution < -0.4 is 5.32 Å². The standard InChI is InChI=1S/C20H20N4O4S/c25-18(21-11-13-24-12-4-14-29(24,26)27)15-7-9-17(10-8-15)20-23-22-19(28-20)16-5-2-1-3-6-16/h1-3,5-10H,4,11-14H2,(H,21,25). The van der Waals surface area contributed by atoms with E-state index >= 15 is 0 Å². The second-order valence-corrected chi connectivity index (χ2v) is 8.77. The fourth-order valence-corrected chi connectivity index (χ4v) is 4.67. The van der Waals surface area contributed by atoms with Crippen molar-refractivity contribution in [1.82, 2.24) is 19.8 Å². The maximum Gasteiger partial charge on any atom is 0.251 e. The molecule has 29 heavy (non-hydrogen) atoms. The molecule has 1 saturated heterocycles. The highest BCUT2D eigenvalue weighted by atomic mass is 32.2. The number of carbonyl (C=O) groups excluding carboxylic acids is 1. The van der Waals surface area contributed by atoms with Crippen LogP contribution in [0.2, 0.25) is 0 Å². The van der Waals surface area contributed by atoms with Crippen LogP contribution in [-0.2, 0) is 10.0 Å². The predicted molar refractivity (Wildman–Crippen MR) is 107 cm³/mol. The highest BCUT2D eigenvalue weighted by Gasteiger charge is 2.27. The molecule has 1 aliphatic rings. The molecule has 4 rings (SSSR count). The summed E-state index contributed by atoms with van der Waals surface area (Å²) in [6.45, 7) is 1.07. The van der Waals surface area contributed by atoms with Crippen molar-refractivity contribution < 1.29 is 17.6 Å². The zero-order valence-electron chi connectivity index (χ0n) is 15.6. The number of nitrogens with zero attached hydrogens (tertiary/aromatic N) is 3. The van der Waals surface area contributed by atoms with Crippen molar-refractivity contribution in [2.24, 2.45) is 0 Å². The lowest BCUT2D eigenvalue weighted by Crippen LogP contribution is -2.35. The molecule has 9 heteroatoms. The molecule has 8 nitrogen and oxygen atoms in total. The Kier molecular flexibility index (Phi) is 5.41. The molecule has 1 N–H and O–H groups in total. The molecule has 0 unspecified atom stereocenters. The van der Waals surface area contributed by atoms with Gasteiger partial charge in [0.15, 0.2) is 0 Å². The lowest BCUT2D eigenvalue weighted by molar-refractivity contribution is 0.0952. The van der Waals surface area contributed by atoms with E-state index in [1.165, 1.54) is 4.31 Å². The SMILES string of the molecule is O=C(NCCN1CCCS1(=O)=O)c1ccc(-c2nnc(-c3ccccc3)o2)cc1. The van der Waals surface area contributed by atoms with Crippen LogP contribution in [0.4, 0.5) is 0 Å². The average Bonchev–Trinajstić information content (AvgIpc) is 3.35. The van der Waals surface area contributed by atoms with Crippen LogP contribution in [0.15, 0.2) is 59.0 Å². The summed E-state index contributed by atoms with van der Waals surface area (Å²) in [5, 5.41) is 10.9. The molecule has 1 amide bonds. The molecule has 1 aliphatic heterocycles. The summed E-state index contributed by atoms with van der Waals surface area (Å²) >= 11 is 0. The molecule has 1 fully saturated rings. The van der Waals surface area contributed by atoms with E-state index in [4.69, 9.17) is 4.42 Å². The zero-order valence-corrected chi connectivity index (χ0v) is 16.4. The Morgan fingerprint density at radius 1 is 1.00 bits per heavy atom. The summed E-state index contributed by atoms with van der Waals surface area (Å²) in [7, 11) is -3.15. The Hall–Kier alpha value is -3.04. The second-order valence-electron chi connectivity index (χ2n) is 6.68. The Balaban J connectivity index is 1.36. The van der Waals surface area contributed by atoms with E-state index in [0.29, 0.717) is 35.9 Å². The third kappa shape index (κ3) is 4.36. The van der Waals surface area contributed by atoms with Crippen LogP contribution in [0, 0.1) is 0 Å². The molecule has 2 aromatic carbocycles. The lowest BCUT2D eigenvalue weighted by Gasteiger charge is -2.14. The van der Waals surface area contributed by atoms with E-state index in [1.54, 1.807) is 24.3 Å². The van der Waals surface area contributed by atoms with Gasteiger partial charge in [0.05, 0.1) is 5.75 Å². The molecule has 0 aliphatic carbocycles. The first-order valence-corrected chi connectivity index (χ1v) is 10.9. The molecule has 0 saturated carbocycles. The van der Waals surface area contributed by atoms with Gasteiger partial charge in [0.1, 0.15) is 0 Å². The number of sulfonamides is 1. The van der Waals surface area contributed by atoms with Crippen LogP contribution >= 0.6 is 0 Å². The number of aromatic nitrogens is 2. The predicted octanol–water partition coefficient (Wildman–Crippen LogP) is 2.17. The minimum atomic E-state index is -3.15. The van der Waals surface area contributed by atoms with Gasteiger partial charge in [-0.15, -0.1) is 10.2 Å². The molecule has 0 spiro atoms. The molecular formula is C20H20N4O4S. The Morgan fingerprint density at radius 2 is 1.66 bits per heavy atom. The molecular weight excluding hydrogens is 392 g/mol. The number of amides is 1. The van der Waals surface area contributed by atoms with E-state index in [9.17, 15) is 13.2 Å². The van der Waals surface area contributed by atoms with Gasteiger partial charge < -0.3 is 9.73 Å². The molecule has 0 atom stereocenters. The lowest BCUT2D eigenvalue weighted by atomic mass is 10.1. The van der Waals surface area contributed by atoms with Gasteiger partial charge in [0.25, 0.3) is 5.91 Å². The topological polar surface area (TPSA) is 105 Å². The fraction of sp³-hybridized carbons (Fsp3) is 0.250. The van der Waals surface area contributed by atoms with E-state index < -0.39 is 10.0 Å². The normalized spacial score (nSPS) is 16.0. The second kappa shape index (κ2) is 8.14. The first-order valence-electron chi connectivity index (χ1n) is 9.28. The monoisotopic (exact) mass is 412 g/mol. The molecule has 1 aromatic heterocycles. The van der Waals surface area contributed by atoms with Gasteiger partial charge in [-0.05, 0) is 42.8 Å². The number of hydrogen-bond acceptors (Lipinski definition) is 6. The number of carbonyl (C=O) groups is 1. The Morgan fingerprint density at radius 3 is 2.28 bits per heavy atom. The van der Waals surface area contributed by atoms with Crippen molar-refractivity contribution in [3.63, 3.8) is 0 Å². The third-order valence-corrected chi connectivity index (χ3v) is 6.65. The summed E-state index contributed by atoms with van der Waals surface area (Å²) in [6, 6.07) is 16.3. The first kappa shape index (κ1) is 19.3. The smallest absolute Gasteiger partial charge is 0.251 e. The maximum atomic E-state index is 12.3. The van der Waals surface area contributed by atoms with Gasteiger partial charge in [0.2, 0.25) is 21.8 Å². The van der Waals surface area contributed by atoms with Gasteiger partial charge in [0, 0.05) is 36.3 Å². The van der Waals surface area contributed by atoms with Crippen LogP contribution in [0.5, 0.6) is 0 Å². The maximum absolute atomic E-state index is 12.3. The molecule has 2 heterocycles.